The van der Waals surface area contributed by atoms with Gasteiger partial charge in [0.1, 0.15) is 11.7 Å². The van der Waals surface area contributed by atoms with E-state index in [1.165, 1.54) is 0 Å². The number of nitrogens with one attached hydrogen (secondary N) is 1. The van der Waals surface area contributed by atoms with E-state index in [-0.39, 0.29) is 23.4 Å². The molecule has 1 unspecified atom stereocenters. The third-order valence-corrected chi connectivity index (χ3v) is 5.53. The zero-order chi connectivity index (χ0) is 25.2. The number of carboxylic acid groups (broad SMARTS) is 1. The molecule has 10 nitrogen and oxygen atoms in total. The number of carbonyl (C=O) groups is 2. The standard InChI is InChI=1S/C25H32N2O8/c1-14(26-24(30)35-25(2,3)4)21-20(23(28)29)27-22(34-21)16-7-8-18(33-17-9-10-31-13-17)19(11-16)32-12-15-5-6-15/h7-8,11,14-15,17H,5-6,9-10,12-13H2,1-4H3,(H,26,30)(H,28,29)/t14-,17?/m0/s1. The van der Waals surface area contributed by atoms with E-state index < -0.39 is 23.7 Å². The fraction of sp³-hybridized carbons (Fsp3) is 0.560. The lowest BCUT2D eigenvalue weighted by molar-refractivity contribution is 0.0498. The van der Waals surface area contributed by atoms with E-state index >= 15 is 0 Å². The minimum Gasteiger partial charge on any atom is -0.489 e. The zero-order valence-corrected chi connectivity index (χ0v) is 20.5. The molecule has 2 aromatic rings. The predicted octanol–water partition coefficient (Wildman–Crippen LogP) is 4.58. The van der Waals surface area contributed by atoms with Crippen molar-refractivity contribution in [3.05, 3.63) is 29.7 Å². The number of nitrogens with zero attached hydrogens (tertiary/aromatic N) is 1. The van der Waals surface area contributed by atoms with Crippen molar-refractivity contribution in [1.29, 1.82) is 0 Å². The molecule has 1 aliphatic carbocycles. The molecule has 10 heteroatoms. The number of hydrogen-bond acceptors (Lipinski definition) is 8. The zero-order valence-electron chi connectivity index (χ0n) is 20.5. The third-order valence-electron chi connectivity index (χ3n) is 5.53. The predicted molar refractivity (Wildman–Crippen MR) is 125 cm³/mol. The van der Waals surface area contributed by atoms with Crippen LogP contribution in [0.15, 0.2) is 22.6 Å². The Kier molecular flexibility index (Phi) is 7.20. The Labute approximate surface area is 203 Å². The quantitative estimate of drug-likeness (QED) is 0.521. The lowest BCUT2D eigenvalue weighted by Gasteiger charge is -2.21. The number of rotatable bonds is 9. The minimum atomic E-state index is -1.26. The number of aromatic nitrogens is 1. The number of amides is 1. The summed E-state index contributed by atoms with van der Waals surface area (Å²) in [5, 5.41) is 12.3. The van der Waals surface area contributed by atoms with Crippen LogP contribution in [0.5, 0.6) is 11.5 Å². The van der Waals surface area contributed by atoms with Gasteiger partial charge < -0.3 is 33.8 Å². The monoisotopic (exact) mass is 488 g/mol. The first-order chi connectivity index (χ1) is 16.6. The molecule has 0 spiro atoms. The van der Waals surface area contributed by atoms with Gasteiger partial charge in [0.2, 0.25) is 5.89 Å². The summed E-state index contributed by atoms with van der Waals surface area (Å²) in [6.07, 6.45) is 2.35. The number of carbonyl (C=O) groups excluding carboxylic acids is 1. The molecule has 1 aromatic heterocycles. The second kappa shape index (κ2) is 10.2. The van der Waals surface area contributed by atoms with Crippen LogP contribution in [0.1, 0.15) is 69.2 Å². The van der Waals surface area contributed by atoms with Gasteiger partial charge in [-0.15, -0.1) is 0 Å². The maximum atomic E-state index is 12.2. The number of aromatic carboxylic acids is 1. The number of oxazole rings is 1. The molecule has 190 valence electrons. The largest absolute Gasteiger partial charge is 0.489 e. The minimum absolute atomic E-state index is 0.0160. The molecule has 0 bridgehead atoms. The Hall–Kier alpha value is -3.27. The molecular formula is C25H32N2O8. The van der Waals surface area contributed by atoms with Gasteiger partial charge in [-0.2, -0.15) is 0 Å². The highest BCUT2D eigenvalue weighted by Crippen LogP contribution is 2.37. The van der Waals surface area contributed by atoms with Gasteiger partial charge in [0.25, 0.3) is 0 Å². The van der Waals surface area contributed by atoms with Crippen LogP contribution >= 0.6 is 0 Å². The molecule has 2 N–H and O–H groups in total. The normalized spacial score (nSPS) is 18.7. The Morgan fingerprint density at radius 1 is 1.23 bits per heavy atom. The number of alkyl carbamates (subject to hydrolysis) is 1. The van der Waals surface area contributed by atoms with Crippen LogP contribution in [0.4, 0.5) is 4.79 Å². The van der Waals surface area contributed by atoms with Gasteiger partial charge in [0, 0.05) is 12.0 Å². The molecule has 35 heavy (non-hydrogen) atoms. The Balaban J connectivity index is 1.58. The van der Waals surface area contributed by atoms with Crippen molar-refractivity contribution in [1.82, 2.24) is 10.3 Å². The molecule has 2 fully saturated rings. The molecule has 4 rings (SSSR count). The van der Waals surface area contributed by atoms with E-state index in [0.29, 0.717) is 42.8 Å². The van der Waals surface area contributed by atoms with Crippen LogP contribution in [0.2, 0.25) is 0 Å². The highest BCUT2D eigenvalue weighted by atomic mass is 16.6. The van der Waals surface area contributed by atoms with Crippen molar-refractivity contribution >= 4 is 12.1 Å². The first-order valence-electron chi connectivity index (χ1n) is 11.8. The molecule has 2 aliphatic rings. The van der Waals surface area contributed by atoms with Gasteiger partial charge in [0.05, 0.1) is 25.9 Å². The first kappa shape index (κ1) is 24.8. The second-order valence-corrected chi connectivity index (χ2v) is 9.92. The van der Waals surface area contributed by atoms with Crippen molar-refractivity contribution in [2.75, 3.05) is 19.8 Å². The average molecular weight is 489 g/mol. The lowest BCUT2D eigenvalue weighted by Crippen LogP contribution is -2.34. The third kappa shape index (κ3) is 6.66. The van der Waals surface area contributed by atoms with E-state index in [1.807, 2.05) is 0 Å². The van der Waals surface area contributed by atoms with Crippen LogP contribution in [-0.4, -0.2) is 53.7 Å². The van der Waals surface area contributed by atoms with Gasteiger partial charge >= 0.3 is 12.1 Å². The summed E-state index contributed by atoms with van der Waals surface area (Å²) >= 11 is 0. The smallest absolute Gasteiger partial charge is 0.408 e. The summed E-state index contributed by atoms with van der Waals surface area (Å²) in [5.41, 5.74) is -0.450. The lowest BCUT2D eigenvalue weighted by atomic mass is 10.2. The number of ether oxygens (including phenoxy) is 4. The molecule has 0 radical (unpaired) electrons. The SMILES string of the molecule is C[C@H](NC(=O)OC(C)(C)C)c1oc(-c2ccc(OC3CCOC3)c(OCC3CC3)c2)nc1C(=O)O. The summed E-state index contributed by atoms with van der Waals surface area (Å²) in [6.45, 7) is 8.58. The van der Waals surface area contributed by atoms with Crippen molar-refractivity contribution in [2.24, 2.45) is 5.92 Å². The van der Waals surface area contributed by atoms with Crippen LogP contribution in [-0.2, 0) is 9.47 Å². The Bertz CT molecular complexity index is 1060. The van der Waals surface area contributed by atoms with Crippen LogP contribution in [0.25, 0.3) is 11.5 Å². The summed E-state index contributed by atoms with van der Waals surface area (Å²) < 4.78 is 28.6. The number of hydrogen-bond donors (Lipinski definition) is 2. The topological polar surface area (TPSA) is 129 Å². The number of benzene rings is 1. The first-order valence-corrected chi connectivity index (χ1v) is 11.8. The van der Waals surface area contributed by atoms with E-state index in [9.17, 15) is 14.7 Å². The van der Waals surface area contributed by atoms with E-state index in [4.69, 9.17) is 23.4 Å². The van der Waals surface area contributed by atoms with Crippen LogP contribution in [0, 0.1) is 5.92 Å². The Morgan fingerprint density at radius 2 is 2.00 bits per heavy atom. The van der Waals surface area contributed by atoms with E-state index in [2.05, 4.69) is 10.3 Å². The maximum absolute atomic E-state index is 12.2. The van der Waals surface area contributed by atoms with Gasteiger partial charge in [-0.25, -0.2) is 14.6 Å². The molecule has 2 atom stereocenters. The summed E-state index contributed by atoms with van der Waals surface area (Å²) in [7, 11) is 0. The summed E-state index contributed by atoms with van der Waals surface area (Å²) in [4.78, 5) is 28.2. The highest BCUT2D eigenvalue weighted by Gasteiger charge is 2.28. The molecular weight excluding hydrogens is 456 g/mol. The van der Waals surface area contributed by atoms with Crippen LogP contribution < -0.4 is 14.8 Å². The molecule has 1 aromatic carbocycles. The van der Waals surface area contributed by atoms with Gasteiger partial charge in [-0.3, -0.25) is 0 Å². The summed E-state index contributed by atoms with van der Waals surface area (Å²) in [6, 6.07) is 4.46. The van der Waals surface area contributed by atoms with Crippen molar-refractivity contribution < 1.29 is 38.1 Å². The second-order valence-electron chi connectivity index (χ2n) is 9.92. The maximum Gasteiger partial charge on any atom is 0.408 e. The Morgan fingerprint density at radius 3 is 2.63 bits per heavy atom. The van der Waals surface area contributed by atoms with Crippen molar-refractivity contribution in [3.8, 4) is 23.0 Å². The van der Waals surface area contributed by atoms with Crippen molar-refractivity contribution in [2.45, 2.75) is 64.7 Å². The average Bonchev–Trinajstić information content (AvgIpc) is 3.25. The molecule has 2 heterocycles. The van der Waals surface area contributed by atoms with Crippen LogP contribution in [0.3, 0.4) is 0 Å². The highest BCUT2D eigenvalue weighted by molar-refractivity contribution is 5.87. The van der Waals surface area contributed by atoms with Gasteiger partial charge in [-0.1, -0.05) is 0 Å². The van der Waals surface area contributed by atoms with Crippen molar-refractivity contribution in [3.63, 3.8) is 0 Å². The fourth-order valence-electron chi connectivity index (χ4n) is 3.58. The van der Waals surface area contributed by atoms with Gasteiger partial charge in [0.15, 0.2) is 23.0 Å². The van der Waals surface area contributed by atoms with E-state index in [0.717, 1.165) is 19.3 Å². The van der Waals surface area contributed by atoms with Gasteiger partial charge in [-0.05, 0) is 64.7 Å². The fourth-order valence-corrected chi connectivity index (χ4v) is 3.58. The molecule has 1 aliphatic heterocycles. The molecule has 1 amide bonds. The number of carboxylic acids is 1. The molecule has 1 saturated heterocycles. The van der Waals surface area contributed by atoms with E-state index in [1.54, 1.807) is 45.9 Å². The summed E-state index contributed by atoms with van der Waals surface area (Å²) in [5.74, 6) is 0.518. The molecule has 1 saturated carbocycles.